The van der Waals surface area contributed by atoms with Gasteiger partial charge in [-0.05, 0) is 51.9 Å². The average Bonchev–Trinajstić information content (AvgIpc) is 2.30. The Bertz CT molecular complexity index is 187. The number of terminal acetylenes is 1. The number of unbranched alkanes of at least 4 members (excludes halogenated alkanes) is 2. The molecule has 1 rings (SSSR count). The van der Waals surface area contributed by atoms with Crippen molar-refractivity contribution in [2.45, 2.75) is 45.1 Å². The second kappa shape index (κ2) is 7.73. The van der Waals surface area contributed by atoms with Gasteiger partial charge in [0.05, 0.1) is 0 Å². The third-order valence-electron chi connectivity index (χ3n) is 3.22. The van der Waals surface area contributed by atoms with Crippen molar-refractivity contribution in [1.82, 2.24) is 10.2 Å². The molecule has 0 amide bonds. The van der Waals surface area contributed by atoms with Crippen LogP contribution in [0.25, 0.3) is 0 Å². The van der Waals surface area contributed by atoms with Gasteiger partial charge in [0.25, 0.3) is 0 Å². The largest absolute Gasteiger partial charge is 0.314 e. The number of nitrogens with one attached hydrogen (secondary N) is 1. The minimum atomic E-state index is 0.749. The number of rotatable bonds is 6. The lowest BCUT2D eigenvalue weighted by Gasteiger charge is -2.31. The molecule has 0 spiro atoms. The molecule has 1 fully saturated rings. The van der Waals surface area contributed by atoms with Crippen LogP contribution in [0.2, 0.25) is 0 Å². The maximum atomic E-state index is 5.21. The molecule has 1 aliphatic heterocycles. The molecule has 0 atom stereocenters. The standard InChI is InChI=1S/C13H24N2/c1-3-5-6-7-10-14-13-8-11-15(4-2)12-9-13/h1,13-14H,4-12H2,2H3. The molecule has 1 N–H and O–H groups in total. The highest BCUT2D eigenvalue weighted by atomic mass is 15.1. The van der Waals surface area contributed by atoms with E-state index in [4.69, 9.17) is 6.42 Å². The number of hydrogen-bond acceptors (Lipinski definition) is 2. The van der Waals surface area contributed by atoms with E-state index >= 15 is 0 Å². The summed E-state index contributed by atoms with van der Waals surface area (Å²) in [5.74, 6) is 2.69. The first-order valence-electron chi connectivity index (χ1n) is 6.26. The minimum Gasteiger partial charge on any atom is -0.314 e. The average molecular weight is 208 g/mol. The van der Waals surface area contributed by atoms with Gasteiger partial charge >= 0.3 is 0 Å². The Labute approximate surface area is 94.4 Å². The third-order valence-corrected chi connectivity index (χ3v) is 3.22. The summed E-state index contributed by atoms with van der Waals surface area (Å²) >= 11 is 0. The summed E-state index contributed by atoms with van der Waals surface area (Å²) in [6.07, 6.45) is 11.1. The molecule has 2 heteroatoms. The molecule has 1 heterocycles. The summed E-state index contributed by atoms with van der Waals surface area (Å²) < 4.78 is 0. The predicted molar refractivity (Wildman–Crippen MR) is 65.8 cm³/mol. The Morgan fingerprint density at radius 3 is 2.67 bits per heavy atom. The number of likely N-dealkylation sites (tertiary alicyclic amines) is 1. The molecule has 0 aliphatic carbocycles. The van der Waals surface area contributed by atoms with Crippen molar-refractivity contribution in [3.8, 4) is 12.3 Å². The van der Waals surface area contributed by atoms with Crippen LogP contribution in [0.15, 0.2) is 0 Å². The molecule has 2 nitrogen and oxygen atoms in total. The molecule has 86 valence electrons. The molecule has 0 aromatic heterocycles. The number of piperidine rings is 1. The van der Waals surface area contributed by atoms with Gasteiger partial charge in [0, 0.05) is 12.5 Å². The van der Waals surface area contributed by atoms with Crippen molar-refractivity contribution >= 4 is 0 Å². The lowest BCUT2D eigenvalue weighted by Crippen LogP contribution is -2.42. The van der Waals surface area contributed by atoms with Crippen LogP contribution in [-0.2, 0) is 0 Å². The minimum absolute atomic E-state index is 0.749. The van der Waals surface area contributed by atoms with E-state index in [2.05, 4.69) is 23.1 Å². The molecule has 0 unspecified atom stereocenters. The van der Waals surface area contributed by atoms with Crippen molar-refractivity contribution < 1.29 is 0 Å². The van der Waals surface area contributed by atoms with Crippen molar-refractivity contribution in [1.29, 1.82) is 0 Å². The zero-order valence-corrected chi connectivity index (χ0v) is 9.97. The molecule has 1 saturated heterocycles. The van der Waals surface area contributed by atoms with E-state index in [0.29, 0.717) is 0 Å². The molecule has 0 aromatic rings. The number of hydrogen-bond donors (Lipinski definition) is 1. The van der Waals surface area contributed by atoms with Gasteiger partial charge in [-0.2, -0.15) is 0 Å². The van der Waals surface area contributed by atoms with Crippen LogP contribution in [0.5, 0.6) is 0 Å². The first-order valence-corrected chi connectivity index (χ1v) is 6.26. The molecule has 15 heavy (non-hydrogen) atoms. The molecular formula is C13H24N2. The fourth-order valence-electron chi connectivity index (χ4n) is 2.11. The summed E-state index contributed by atoms with van der Waals surface area (Å²) in [6.45, 7) is 7.11. The van der Waals surface area contributed by atoms with Gasteiger partial charge in [-0.1, -0.05) is 6.92 Å². The summed E-state index contributed by atoms with van der Waals surface area (Å²) in [5, 5.41) is 3.63. The maximum Gasteiger partial charge on any atom is 0.00914 e. The van der Waals surface area contributed by atoms with Gasteiger partial charge in [-0.3, -0.25) is 0 Å². The van der Waals surface area contributed by atoms with Gasteiger partial charge in [0.15, 0.2) is 0 Å². The van der Waals surface area contributed by atoms with Gasteiger partial charge in [-0.25, -0.2) is 0 Å². The molecular weight excluding hydrogens is 184 g/mol. The SMILES string of the molecule is C#CCCCCNC1CCN(CC)CC1. The number of nitrogens with zero attached hydrogens (tertiary/aromatic N) is 1. The molecule has 0 aromatic carbocycles. The Morgan fingerprint density at radius 2 is 2.07 bits per heavy atom. The van der Waals surface area contributed by atoms with Gasteiger partial charge in [0.2, 0.25) is 0 Å². The van der Waals surface area contributed by atoms with Crippen LogP contribution in [0.3, 0.4) is 0 Å². The van der Waals surface area contributed by atoms with E-state index in [0.717, 1.165) is 25.4 Å². The lowest BCUT2D eigenvalue weighted by atomic mass is 10.0. The summed E-state index contributed by atoms with van der Waals surface area (Å²) in [5.41, 5.74) is 0. The molecule has 0 radical (unpaired) electrons. The third kappa shape index (κ3) is 5.20. The maximum absolute atomic E-state index is 5.21. The van der Waals surface area contributed by atoms with Crippen LogP contribution >= 0.6 is 0 Å². The van der Waals surface area contributed by atoms with Crippen molar-refractivity contribution in [3.05, 3.63) is 0 Å². The van der Waals surface area contributed by atoms with Gasteiger partial charge in [-0.15, -0.1) is 12.3 Å². The van der Waals surface area contributed by atoms with E-state index in [-0.39, 0.29) is 0 Å². The topological polar surface area (TPSA) is 15.3 Å². The second-order valence-corrected chi connectivity index (χ2v) is 4.32. The fourth-order valence-corrected chi connectivity index (χ4v) is 2.11. The highest BCUT2D eigenvalue weighted by molar-refractivity contribution is 4.83. The lowest BCUT2D eigenvalue weighted by molar-refractivity contribution is 0.206. The van der Waals surface area contributed by atoms with E-state index < -0.39 is 0 Å². The van der Waals surface area contributed by atoms with Crippen LogP contribution in [0.1, 0.15) is 39.0 Å². The highest BCUT2D eigenvalue weighted by Gasteiger charge is 2.16. The van der Waals surface area contributed by atoms with Gasteiger partial charge < -0.3 is 10.2 Å². The summed E-state index contributed by atoms with van der Waals surface area (Å²) in [6, 6.07) is 0.749. The zero-order chi connectivity index (χ0) is 10.9. The normalized spacial score (nSPS) is 18.9. The fraction of sp³-hybridized carbons (Fsp3) is 0.846. The molecule has 0 bridgehead atoms. The smallest absolute Gasteiger partial charge is 0.00914 e. The Kier molecular flexibility index (Phi) is 6.47. The summed E-state index contributed by atoms with van der Waals surface area (Å²) in [7, 11) is 0. The molecule has 1 aliphatic rings. The predicted octanol–water partition coefficient (Wildman–Crippen LogP) is 1.86. The van der Waals surface area contributed by atoms with Crippen molar-refractivity contribution in [2.24, 2.45) is 0 Å². The van der Waals surface area contributed by atoms with E-state index in [1.54, 1.807) is 0 Å². The van der Waals surface area contributed by atoms with E-state index in [1.165, 1.54) is 38.9 Å². The van der Waals surface area contributed by atoms with Crippen LogP contribution < -0.4 is 5.32 Å². The van der Waals surface area contributed by atoms with Crippen LogP contribution in [-0.4, -0.2) is 37.1 Å². The first kappa shape index (κ1) is 12.5. The van der Waals surface area contributed by atoms with Gasteiger partial charge in [0.1, 0.15) is 0 Å². The van der Waals surface area contributed by atoms with E-state index in [9.17, 15) is 0 Å². The Morgan fingerprint density at radius 1 is 1.33 bits per heavy atom. The van der Waals surface area contributed by atoms with Crippen molar-refractivity contribution in [3.63, 3.8) is 0 Å². The monoisotopic (exact) mass is 208 g/mol. The second-order valence-electron chi connectivity index (χ2n) is 4.32. The van der Waals surface area contributed by atoms with E-state index in [1.807, 2.05) is 0 Å². The molecule has 0 saturated carbocycles. The van der Waals surface area contributed by atoms with Crippen molar-refractivity contribution in [2.75, 3.05) is 26.2 Å². The zero-order valence-electron chi connectivity index (χ0n) is 9.97. The Hall–Kier alpha value is -0.520. The van der Waals surface area contributed by atoms with Crippen LogP contribution in [0.4, 0.5) is 0 Å². The first-order chi connectivity index (χ1) is 7.36. The highest BCUT2D eigenvalue weighted by Crippen LogP contribution is 2.09. The van der Waals surface area contributed by atoms with Crippen LogP contribution in [0, 0.1) is 12.3 Å². The quantitative estimate of drug-likeness (QED) is 0.529. The summed E-state index contributed by atoms with van der Waals surface area (Å²) in [4.78, 5) is 2.52. The Balaban J connectivity index is 1.97.